The molecule has 0 bridgehead atoms. The van der Waals surface area contributed by atoms with E-state index >= 15 is 0 Å². The first-order chi connectivity index (χ1) is 16.5. The van der Waals surface area contributed by atoms with E-state index in [1.165, 1.54) is 11.3 Å². The number of fused-ring (bicyclic) bond motifs is 1. The van der Waals surface area contributed by atoms with Crippen molar-refractivity contribution in [2.45, 2.75) is 31.0 Å². The van der Waals surface area contributed by atoms with E-state index in [1.54, 1.807) is 35.5 Å². The first-order valence-electron chi connectivity index (χ1n) is 11.1. The van der Waals surface area contributed by atoms with Crippen molar-refractivity contribution in [2.75, 3.05) is 18.9 Å². The van der Waals surface area contributed by atoms with Crippen LogP contribution in [0.1, 0.15) is 21.7 Å². The number of thiophene rings is 1. The molecule has 34 heavy (non-hydrogen) atoms. The molecular weight excluding hydrogens is 452 g/mol. The normalized spacial score (nSPS) is 20.2. The minimum atomic E-state index is -0.827. The fourth-order valence-corrected chi connectivity index (χ4v) is 5.32. The number of pyridine rings is 1. The monoisotopic (exact) mass is 476 g/mol. The molecule has 2 fully saturated rings. The van der Waals surface area contributed by atoms with Crippen molar-refractivity contribution in [3.63, 3.8) is 0 Å². The Balaban J connectivity index is 1.37. The van der Waals surface area contributed by atoms with E-state index in [0.29, 0.717) is 23.5 Å². The highest BCUT2D eigenvalue weighted by Crippen LogP contribution is 2.29. The van der Waals surface area contributed by atoms with E-state index in [9.17, 15) is 14.4 Å². The summed E-state index contributed by atoms with van der Waals surface area (Å²) in [4.78, 5) is 45.3. The van der Waals surface area contributed by atoms with Crippen LogP contribution in [0.5, 0.6) is 0 Å². The topological polar surface area (TPSA) is 115 Å². The number of nitrogen functional groups attached to an aromatic ring is 1. The zero-order valence-electron chi connectivity index (χ0n) is 18.3. The number of hydrogen-bond donors (Lipinski definition) is 2. The Kier molecular flexibility index (Phi) is 6.12. The van der Waals surface area contributed by atoms with Gasteiger partial charge in [0.1, 0.15) is 18.7 Å². The molecular formula is C25H24N4O4S. The van der Waals surface area contributed by atoms with Gasteiger partial charge in [0.25, 0.3) is 5.91 Å². The van der Waals surface area contributed by atoms with Crippen LogP contribution in [-0.2, 0) is 20.7 Å². The fourth-order valence-electron chi connectivity index (χ4n) is 4.50. The van der Waals surface area contributed by atoms with Crippen LogP contribution in [-0.4, -0.2) is 58.8 Å². The molecule has 3 aromatic rings. The third-order valence-corrected chi connectivity index (χ3v) is 7.17. The molecule has 1 aromatic carbocycles. The Labute approximate surface area is 200 Å². The summed E-state index contributed by atoms with van der Waals surface area (Å²) < 4.78 is 5.53. The minimum Gasteiger partial charge on any atom is -0.399 e. The maximum Gasteiger partial charge on any atom is 0.262 e. The first kappa shape index (κ1) is 22.2. The zero-order valence-corrected chi connectivity index (χ0v) is 19.2. The van der Waals surface area contributed by atoms with Gasteiger partial charge in [0.05, 0.1) is 11.0 Å². The van der Waals surface area contributed by atoms with Gasteiger partial charge in [-0.2, -0.15) is 0 Å². The Morgan fingerprint density at radius 1 is 1.24 bits per heavy atom. The number of ketones is 1. The van der Waals surface area contributed by atoms with E-state index < -0.39 is 12.1 Å². The average Bonchev–Trinajstić information content (AvgIpc) is 3.58. The van der Waals surface area contributed by atoms with Gasteiger partial charge in [0.2, 0.25) is 5.91 Å². The average molecular weight is 477 g/mol. The number of ether oxygens (including phenoxy) is 1. The molecule has 3 N–H and O–H groups in total. The van der Waals surface area contributed by atoms with E-state index in [0.717, 1.165) is 16.7 Å². The van der Waals surface area contributed by atoms with Gasteiger partial charge in [-0.15, -0.1) is 11.3 Å². The molecule has 0 aliphatic carbocycles. The van der Waals surface area contributed by atoms with Crippen LogP contribution in [0.4, 0.5) is 5.69 Å². The standard InChI is InChI=1S/C25H24N4O4S/c26-18-5-3-15(4-6-18)10-19(25(32)29-9-7-21-23(29)20(30)13-33-21)28-24(31)22-11-17(14-34-22)16-2-1-8-27-12-16/h1-6,8,11-12,14,19,21,23H,7,9-10,13,26H2,(H,28,31). The Morgan fingerprint density at radius 2 is 2.06 bits per heavy atom. The molecule has 5 rings (SSSR count). The van der Waals surface area contributed by atoms with Crippen molar-refractivity contribution in [1.82, 2.24) is 15.2 Å². The molecule has 9 heteroatoms. The number of hydrogen-bond acceptors (Lipinski definition) is 7. The first-order valence-corrected chi connectivity index (χ1v) is 12.0. The summed E-state index contributed by atoms with van der Waals surface area (Å²) in [5, 5.41) is 4.81. The number of rotatable bonds is 6. The van der Waals surface area contributed by atoms with Crippen LogP contribution < -0.4 is 11.1 Å². The number of Topliss-reactive ketones (excluding diaryl/α,β-unsaturated/α-hetero) is 1. The van der Waals surface area contributed by atoms with Crippen molar-refractivity contribution in [3.8, 4) is 11.1 Å². The van der Waals surface area contributed by atoms with Gasteiger partial charge in [-0.1, -0.05) is 18.2 Å². The minimum absolute atomic E-state index is 0.0282. The number of nitrogens with zero attached hydrogens (tertiary/aromatic N) is 2. The van der Waals surface area contributed by atoms with Crippen molar-refractivity contribution in [1.29, 1.82) is 0 Å². The van der Waals surface area contributed by atoms with Gasteiger partial charge < -0.3 is 20.7 Å². The molecule has 0 spiro atoms. The Hall–Kier alpha value is -3.56. The Morgan fingerprint density at radius 3 is 2.82 bits per heavy atom. The van der Waals surface area contributed by atoms with E-state index in [1.807, 2.05) is 29.6 Å². The second kappa shape index (κ2) is 9.36. The summed E-state index contributed by atoms with van der Waals surface area (Å²) in [6, 6.07) is 11.4. The SMILES string of the molecule is Nc1ccc(CC(NC(=O)c2cc(-c3cccnc3)cs2)C(=O)N2CCC3OCC(=O)C32)cc1. The van der Waals surface area contributed by atoms with Gasteiger partial charge in [0, 0.05) is 36.6 Å². The number of carbonyl (C=O) groups excluding carboxylic acids is 3. The van der Waals surface area contributed by atoms with Gasteiger partial charge in [-0.3, -0.25) is 19.4 Å². The molecule has 2 saturated heterocycles. The van der Waals surface area contributed by atoms with Gasteiger partial charge >= 0.3 is 0 Å². The molecule has 2 aromatic heterocycles. The number of anilines is 1. The van der Waals surface area contributed by atoms with Gasteiger partial charge in [-0.05, 0) is 47.2 Å². The molecule has 3 unspecified atom stereocenters. The largest absolute Gasteiger partial charge is 0.399 e. The molecule has 2 amide bonds. The molecule has 2 aliphatic heterocycles. The molecule has 8 nitrogen and oxygen atoms in total. The number of amides is 2. The highest BCUT2D eigenvalue weighted by atomic mass is 32.1. The molecule has 174 valence electrons. The van der Waals surface area contributed by atoms with E-state index in [4.69, 9.17) is 10.5 Å². The van der Waals surface area contributed by atoms with Crippen molar-refractivity contribution in [3.05, 3.63) is 70.7 Å². The lowest BCUT2D eigenvalue weighted by atomic mass is 10.0. The Bertz CT molecular complexity index is 1210. The highest BCUT2D eigenvalue weighted by Gasteiger charge is 2.48. The predicted molar refractivity (Wildman–Crippen MR) is 128 cm³/mol. The lowest BCUT2D eigenvalue weighted by molar-refractivity contribution is -0.138. The van der Waals surface area contributed by atoms with Crippen LogP contribution in [0.15, 0.2) is 60.2 Å². The number of benzene rings is 1. The van der Waals surface area contributed by atoms with Crippen LogP contribution >= 0.6 is 11.3 Å². The summed E-state index contributed by atoms with van der Waals surface area (Å²) >= 11 is 1.31. The number of likely N-dealkylation sites (tertiary alicyclic amines) is 1. The zero-order chi connectivity index (χ0) is 23.7. The number of carbonyl (C=O) groups is 3. The lowest BCUT2D eigenvalue weighted by Gasteiger charge is -2.27. The van der Waals surface area contributed by atoms with Gasteiger partial charge in [-0.25, -0.2) is 0 Å². The summed E-state index contributed by atoms with van der Waals surface area (Å²) in [5.41, 5.74) is 9.08. The fraction of sp³-hybridized carbons (Fsp3) is 0.280. The maximum absolute atomic E-state index is 13.6. The predicted octanol–water partition coefficient (Wildman–Crippen LogP) is 2.30. The van der Waals surface area contributed by atoms with Crippen molar-refractivity contribution in [2.24, 2.45) is 0 Å². The van der Waals surface area contributed by atoms with Gasteiger partial charge in [0.15, 0.2) is 5.78 Å². The highest BCUT2D eigenvalue weighted by molar-refractivity contribution is 7.12. The third kappa shape index (κ3) is 4.44. The summed E-state index contributed by atoms with van der Waals surface area (Å²) in [6.07, 6.45) is 4.07. The van der Waals surface area contributed by atoms with Crippen LogP contribution in [0.25, 0.3) is 11.1 Å². The van der Waals surface area contributed by atoms with E-state index in [-0.39, 0.29) is 36.7 Å². The van der Waals surface area contributed by atoms with E-state index in [2.05, 4.69) is 10.3 Å². The van der Waals surface area contributed by atoms with Crippen LogP contribution in [0, 0.1) is 0 Å². The van der Waals surface area contributed by atoms with Crippen LogP contribution in [0.3, 0.4) is 0 Å². The number of aromatic nitrogens is 1. The molecule has 4 heterocycles. The lowest BCUT2D eigenvalue weighted by Crippen LogP contribution is -2.53. The molecule has 0 radical (unpaired) electrons. The smallest absolute Gasteiger partial charge is 0.262 e. The number of nitrogens with one attached hydrogen (secondary N) is 1. The molecule has 2 aliphatic rings. The van der Waals surface area contributed by atoms with Crippen molar-refractivity contribution >= 4 is 34.6 Å². The summed E-state index contributed by atoms with van der Waals surface area (Å²) in [6.45, 7) is 0.457. The summed E-state index contributed by atoms with van der Waals surface area (Å²) in [5.74, 6) is -0.702. The summed E-state index contributed by atoms with van der Waals surface area (Å²) in [7, 11) is 0. The van der Waals surface area contributed by atoms with Crippen LogP contribution in [0.2, 0.25) is 0 Å². The molecule has 3 atom stereocenters. The third-order valence-electron chi connectivity index (χ3n) is 6.24. The second-order valence-corrected chi connectivity index (χ2v) is 9.41. The quantitative estimate of drug-likeness (QED) is 0.528. The molecule has 0 saturated carbocycles. The maximum atomic E-state index is 13.6. The van der Waals surface area contributed by atoms with Crippen molar-refractivity contribution < 1.29 is 19.1 Å². The number of nitrogens with two attached hydrogens (primary N) is 1. The second-order valence-electron chi connectivity index (χ2n) is 8.49.